The maximum Gasteiger partial charge on any atom is 0.253 e. The Bertz CT molecular complexity index is 803. The zero-order chi connectivity index (χ0) is 17.4. The summed E-state index contributed by atoms with van der Waals surface area (Å²) in [6.07, 6.45) is 4.96. The molecule has 0 saturated carbocycles. The molecule has 0 aliphatic carbocycles. The van der Waals surface area contributed by atoms with E-state index in [4.69, 9.17) is 0 Å². The number of pyridine rings is 1. The van der Waals surface area contributed by atoms with E-state index in [2.05, 4.69) is 4.98 Å². The summed E-state index contributed by atoms with van der Waals surface area (Å²) in [5.41, 5.74) is 2.23. The van der Waals surface area contributed by atoms with E-state index < -0.39 is 5.41 Å². The Morgan fingerprint density at radius 2 is 1.88 bits per heavy atom. The molecule has 2 fully saturated rings. The van der Waals surface area contributed by atoms with Crippen LogP contribution in [0.3, 0.4) is 0 Å². The topological polar surface area (TPSA) is 53.5 Å². The summed E-state index contributed by atoms with van der Waals surface area (Å²) >= 11 is 0. The highest BCUT2D eigenvalue weighted by molar-refractivity contribution is 6.01. The molecule has 5 heteroatoms. The molecule has 2 amide bonds. The molecule has 2 aliphatic heterocycles. The second kappa shape index (κ2) is 5.99. The molecule has 1 spiro atoms. The number of benzene rings is 1. The van der Waals surface area contributed by atoms with Crippen LogP contribution in [-0.2, 0) is 4.79 Å². The van der Waals surface area contributed by atoms with Gasteiger partial charge in [-0.25, -0.2) is 0 Å². The molecular formula is C20H21N3O2. The lowest BCUT2D eigenvalue weighted by atomic mass is 9.85. The van der Waals surface area contributed by atoms with Crippen LogP contribution in [0.4, 0.5) is 5.69 Å². The first-order valence-corrected chi connectivity index (χ1v) is 8.67. The first kappa shape index (κ1) is 15.8. The van der Waals surface area contributed by atoms with Gasteiger partial charge < -0.3 is 9.80 Å². The van der Waals surface area contributed by atoms with Crippen LogP contribution in [0.15, 0.2) is 48.8 Å². The van der Waals surface area contributed by atoms with Crippen LogP contribution in [0.2, 0.25) is 0 Å². The fourth-order valence-electron chi connectivity index (χ4n) is 3.88. The molecule has 1 aromatic carbocycles. The van der Waals surface area contributed by atoms with E-state index >= 15 is 0 Å². The van der Waals surface area contributed by atoms with Crippen LogP contribution in [-0.4, -0.2) is 41.3 Å². The second-order valence-corrected chi connectivity index (χ2v) is 7.04. The SMILES string of the molecule is Cc1ccc(C(=O)N2CCC3(CCN(c4cccnc4)C3=O)C2)cc1. The van der Waals surface area contributed by atoms with E-state index in [1.165, 1.54) is 0 Å². The number of hydrogen-bond acceptors (Lipinski definition) is 3. The number of amides is 2. The number of carbonyl (C=O) groups is 2. The molecule has 1 atom stereocenters. The highest BCUT2D eigenvalue weighted by Crippen LogP contribution is 2.42. The molecule has 0 bridgehead atoms. The van der Waals surface area contributed by atoms with Crippen molar-refractivity contribution < 1.29 is 9.59 Å². The second-order valence-electron chi connectivity index (χ2n) is 7.04. The Morgan fingerprint density at radius 1 is 1.12 bits per heavy atom. The van der Waals surface area contributed by atoms with Crippen molar-refractivity contribution in [1.82, 2.24) is 9.88 Å². The molecule has 3 heterocycles. The average Bonchev–Trinajstić information content (AvgIpc) is 3.21. The van der Waals surface area contributed by atoms with Crippen molar-refractivity contribution in [2.24, 2.45) is 5.41 Å². The lowest BCUT2D eigenvalue weighted by Gasteiger charge is -2.23. The predicted molar refractivity (Wildman–Crippen MR) is 95.3 cm³/mol. The molecule has 4 rings (SSSR count). The molecule has 2 aliphatic rings. The molecule has 25 heavy (non-hydrogen) atoms. The quantitative estimate of drug-likeness (QED) is 0.848. The molecule has 128 valence electrons. The standard InChI is InChI=1S/C20H21N3O2/c1-15-4-6-16(7-5-15)18(24)22-11-8-20(14-22)9-12-23(19(20)25)17-3-2-10-21-13-17/h2-7,10,13H,8-9,11-12,14H2,1H3. The molecule has 2 aromatic rings. The van der Waals surface area contributed by atoms with Gasteiger partial charge in [-0.3, -0.25) is 14.6 Å². The lowest BCUT2D eigenvalue weighted by molar-refractivity contribution is -0.124. The van der Waals surface area contributed by atoms with Gasteiger partial charge in [-0.2, -0.15) is 0 Å². The van der Waals surface area contributed by atoms with Crippen molar-refractivity contribution in [3.05, 3.63) is 59.9 Å². The maximum absolute atomic E-state index is 13.0. The zero-order valence-corrected chi connectivity index (χ0v) is 14.3. The molecular weight excluding hydrogens is 314 g/mol. The van der Waals surface area contributed by atoms with Gasteiger partial charge in [0.05, 0.1) is 17.3 Å². The molecule has 0 N–H and O–H groups in total. The molecule has 5 nitrogen and oxygen atoms in total. The van der Waals surface area contributed by atoms with Crippen molar-refractivity contribution in [2.45, 2.75) is 19.8 Å². The van der Waals surface area contributed by atoms with E-state index in [1.54, 1.807) is 12.4 Å². The van der Waals surface area contributed by atoms with Crippen LogP contribution in [0.1, 0.15) is 28.8 Å². The molecule has 2 saturated heterocycles. The Hall–Kier alpha value is -2.69. The largest absolute Gasteiger partial charge is 0.338 e. The molecule has 0 radical (unpaired) electrons. The number of aromatic nitrogens is 1. The fourth-order valence-corrected chi connectivity index (χ4v) is 3.88. The van der Waals surface area contributed by atoms with Gasteiger partial charge in [0.1, 0.15) is 0 Å². The third-order valence-electron chi connectivity index (χ3n) is 5.41. The van der Waals surface area contributed by atoms with Gasteiger partial charge in [0.15, 0.2) is 0 Å². The Balaban J connectivity index is 1.51. The third kappa shape index (κ3) is 2.69. The first-order chi connectivity index (χ1) is 12.1. The van der Waals surface area contributed by atoms with Gasteiger partial charge in [0, 0.05) is 31.4 Å². The summed E-state index contributed by atoms with van der Waals surface area (Å²) in [5.74, 6) is 0.143. The predicted octanol–water partition coefficient (Wildman–Crippen LogP) is 2.66. The molecule has 1 aromatic heterocycles. The Kier molecular flexibility index (Phi) is 3.79. The van der Waals surface area contributed by atoms with E-state index in [-0.39, 0.29) is 11.8 Å². The zero-order valence-electron chi connectivity index (χ0n) is 14.3. The van der Waals surface area contributed by atoms with E-state index in [9.17, 15) is 9.59 Å². The number of carbonyl (C=O) groups excluding carboxylic acids is 2. The van der Waals surface area contributed by atoms with Gasteiger partial charge in [0.2, 0.25) is 5.91 Å². The van der Waals surface area contributed by atoms with Gasteiger partial charge >= 0.3 is 0 Å². The fraction of sp³-hybridized carbons (Fsp3) is 0.350. The average molecular weight is 335 g/mol. The van der Waals surface area contributed by atoms with Crippen LogP contribution < -0.4 is 4.90 Å². The summed E-state index contributed by atoms with van der Waals surface area (Å²) in [5, 5.41) is 0. The number of hydrogen-bond donors (Lipinski definition) is 0. The van der Waals surface area contributed by atoms with Crippen LogP contribution in [0.5, 0.6) is 0 Å². The normalized spacial score (nSPS) is 22.8. The minimum Gasteiger partial charge on any atom is -0.338 e. The van der Waals surface area contributed by atoms with Crippen molar-refractivity contribution in [1.29, 1.82) is 0 Å². The summed E-state index contributed by atoms with van der Waals surface area (Å²) in [6.45, 7) is 3.84. The Labute approximate surface area is 147 Å². The van der Waals surface area contributed by atoms with Crippen molar-refractivity contribution in [3.63, 3.8) is 0 Å². The number of anilines is 1. The number of rotatable bonds is 2. The van der Waals surface area contributed by atoms with E-state index in [0.29, 0.717) is 25.2 Å². The third-order valence-corrected chi connectivity index (χ3v) is 5.41. The van der Waals surface area contributed by atoms with E-state index in [0.717, 1.165) is 24.1 Å². The minimum atomic E-state index is -0.434. The minimum absolute atomic E-state index is 0.0181. The summed E-state index contributed by atoms with van der Waals surface area (Å²) < 4.78 is 0. The number of likely N-dealkylation sites (tertiary alicyclic amines) is 1. The number of aryl methyl sites for hydroxylation is 1. The van der Waals surface area contributed by atoms with Crippen LogP contribution >= 0.6 is 0 Å². The van der Waals surface area contributed by atoms with Crippen molar-refractivity contribution >= 4 is 17.5 Å². The Morgan fingerprint density at radius 3 is 2.60 bits per heavy atom. The lowest BCUT2D eigenvalue weighted by Crippen LogP contribution is -2.38. The highest BCUT2D eigenvalue weighted by Gasteiger charge is 2.52. The maximum atomic E-state index is 13.0. The summed E-state index contributed by atoms with van der Waals surface area (Å²) in [4.78, 5) is 33.5. The van der Waals surface area contributed by atoms with E-state index in [1.807, 2.05) is 53.1 Å². The first-order valence-electron chi connectivity index (χ1n) is 8.67. The van der Waals surface area contributed by atoms with Crippen LogP contribution in [0, 0.1) is 12.3 Å². The monoisotopic (exact) mass is 335 g/mol. The highest BCUT2D eigenvalue weighted by atomic mass is 16.2. The van der Waals surface area contributed by atoms with Gasteiger partial charge in [-0.15, -0.1) is 0 Å². The van der Waals surface area contributed by atoms with Gasteiger partial charge in [0.25, 0.3) is 5.91 Å². The van der Waals surface area contributed by atoms with Crippen molar-refractivity contribution in [3.8, 4) is 0 Å². The summed E-state index contributed by atoms with van der Waals surface area (Å²) in [6, 6.07) is 11.4. The van der Waals surface area contributed by atoms with Gasteiger partial charge in [-0.05, 0) is 44.0 Å². The van der Waals surface area contributed by atoms with Crippen molar-refractivity contribution in [2.75, 3.05) is 24.5 Å². The number of nitrogens with zero attached hydrogens (tertiary/aromatic N) is 3. The van der Waals surface area contributed by atoms with Crippen LogP contribution in [0.25, 0.3) is 0 Å². The molecule has 1 unspecified atom stereocenters. The smallest absolute Gasteiger partial charge is 0.253 e. The van der Waals surface area contributed by atoms with Gasteiger partial charge in [-0.1, -0.05) is 17.7 Å². The summed E-state index contributed by atoms with van der Waals surface area (Å²) in [7, 11) is 0.